The second kappa shape index (κ2) is 16.1. The van der Waals surface area contributed by atoms with Gasteiger partial charge in [0.05, 0.1) is 22.2 Å². The Morgan fingerprint density at radius 1 is 0.377 bits per heavy atom. The molecule has 2 heteroatoms. The lowest BCUT2D eigenvalue weighted by Crippen LogP contribution is -2.28. The van der Waals surface area contributed by atoms with E-state index in [4.69, 9.17) is 4.42 Å². The Bertz CT molecular complexity index is 3670. The molecular formula is C67H55NO. The number of nitrogens with zero attached hydrogens (tertiary/aromatic N) is 1. The molecule has 0 spiro atoms. The van der Waals surface area contributed by atoms with Crippen LogP contribution in [0.25, 0.3) is 66.1 Å². The highest BCUT2D eigenvalue weighted by Crippen LogP contribution is 2.58. The first-order chi connectivity index (χ1) is 33.5. The minimum atomic E-state index is -0.567. The fourth-order valence-electron chi connectivity index (χ4n) is 11.3. The van der Waals surface area contributed by atoms with Gasteiger partial charge in [-0.05, 0) is 119 Å². The molecule has 0 fully saturated rings. The van der Waals surface area contributed by atoms with Crippen molar-refractivity contribution in [3.05, 3.63) is 258 Å². The van der Waals surface area contributed by atoms with Gasteiger partial charge in [-0.2, -0.15) is 0 Å². The van der Waals surface area contributed by atoms with E-state index in [-0.39, 0.29) is 10.8 Å². The Morgan fingerprint density at radius 2 is 0.913 bits per heavy atom. The van der Waals surface area contributed by atoms with Crippen molar-refractivity contribution in [1.29, 1.82) is 0 Å². The maximum absolute atomic E-state index is 6.66. The summed E-state index contributed by atoms with van der Waals surface area (Å²) < 4.78 is 6.66. The molecule has 334 valence electrons. The predicted octanol–water partition coefficient (Wildman–Crippen LogP) is 18.5. The maximum Gasteiger partial charge on any atom is 0.137 e. The summed E-state index contributed by atoms with van der Waals surface area (Å²) >= 11 is 0. The molecule has 0 saturated heterocycles. The molecule has 0 unspecified atom stereocenters. The molecule has 1 aliphatic carbocycles. The lowest BCUT2D eigenvalue weighted by molar-refractivity contribution is 0.569. The average molecular weight is 890 g/mol. The van der Waals surface area contributed by atoms with Gasteiger partial charge in [-0.1, -0.05) is 230 Å². The van der Waals surface area contributed by atoms with Gasteiger partial charge in [0.25, 0.3) is 0 Å². The van der Waals surface area contributed by atoms with Crippen LogP contribution in [0, 0.1) is 0 Å². The molecule has 0 radical (unpaired) electrons. The summed E-state index contributed by atoms with van der Waals surface area (Å²) in [6, 6.07) is 83.2. The zero-order valence-corrected chi connectivity index (χ0v) is 40.2. The molecule has 0 aliphatic heterocycles. The Hall–Kier alpha value is -7.94. The molecule has 1 heterocycles. The molecular weight excluding hydrogens is 835 g/mol. The van der Waals surface area contributed by atoms with Gasteiger partial charge in [0, 0.05) is 16.6 Å². The number of rotatable bonds is 7. The number of hydrogen-bond donors (Lipinski definition) is 0. The molecule has 0 N–H and O–H groups in total. The molecule has 2 nitrogen and oxygen atoms in total. The molecule has 1 aromatic heterocycles. The quantitative estimate of drug-likeness (QED) is 0.159. The second-order valence-corrected chi connectivity index (χ2v) is 20.9. The van der Waals surface area contributed by atoms with Crippen molar-refractivity contribution in [3.63, 3.8) is 0 Å². The van der Waals surface area contributed by atoms with Gasteiger partial charge in [-0.25, -0.2) is 0 Å². The minimum Gasteiger partial charge on any atom is -0.456 e. The van der Waals surface area contributed by atoms with Crippen LogP contribution < -0.4 is 4.90 Å². The van der Waals surface area contributed by atoms with Crippen molar-refractivity contribution in [2.45, 2.75) is 57.8 Å². The molecule has 12 rings (SSSR count). The van der Waals surface area contributed by atoms with Crippen LogP contribution >= 0.6 is 0 Å². The van der Waals surface area contributed by atoms with Crippen molar-refractivity contribution in [1.82, 2.24) is 0 Å². The highest BCUT2D eigenvalue weighted by Gasteiger charge is 2.46. The van der Waals surface area contributed by atoms with Crippen LogP contribution in [0.1, 0.15) is 74.9 Å². The van der Waals surface area contributed by atoms with E-state index in [2.05, 4.69) is 271 Å². The molecule has 10 aromatic carbocycles. The third-order valence-corrected chi connectivity index (χ3v) is 14.6. The van der Waals surface area contributed by atoms with Crippen LogP contribution in [0.2, 0.25) is 0 Å². The van der Waals surface area contributed by atoms with Crippen molar-refractivity contribution in [2.24, 2.45) is 0 Å². The number of anilines is 3. The van der Waals surface area contributed by atoms with Crippen LogP contribution in [0.15, 0.2) is 229 Å². The van der Waals surface area contributed by atoms with E-state index in [9.17, 15) is 0 Å². The van der Waals surface area contributed by atoms with Crippen molar-refractivity contribution in [2.75, 3.05) is 4.90 Å². The van der Waals surface area contributed by atoms with Crippen LogP contribution in [0.5, 0.6) is 0 Å². The maximum atomic E-state index is 6.66. The Balaban J connectivity index is 1.16. The van der Waals surface area contributed by atoms with Gasteiger partial charge in [-0.3, -0.25) is 0 Å². The number of hydrogen-bond acceptors (Lipinski definition) is 2. The highest BCUT2D eigenvalue weighted by molar-refractivity contribution is 6.15. The van der Waals surface area contributed by atoms with E-state index in [1.54, 1.807) is 0 Å². The molecule has 0 atom stereocenters. The fourth-order valence-corrected chi connectivity index (χ4v) is 11.3. The number of furan rings is 1. The first kappa shape index (κ1) is 42.4. The summed E-state index contributed by atoms with van der Waals surface area (Å²) in [6.45, 7) is 13.9. The summed E-state index contributed by atoms with van der Waals surface area (Å²) in [4.78, 5) is 2.50. The third-order valence-electron chi connectivity index (χ3n) is 14.6. The Labute approximate surface area is 406 Å². The smallest absolute Gasteiger partial charge is 0.137 e. The molecule has 69 heavy (non-hydrogen) atoms. The second-order valence-electron chi connectivity index (χ2n) is 20.9. The van der Waals surface area contributed by atoms with Gasteiger partial charge in [0.15, 0.2) is 0 Å². The van der Waals surface area contributed by atoms with Crippen molar-refractivity contribution in [3.8, 4) is 33.4 Å². The zero-order chi connectivity index (χ0) is 47.1. The Morgan fingerprint density at radius 3 is 1.61 bits per heavy atom. The molecule has 11 aromatic rings. The molecule has 0 bridgehead atoms. The highest BCUT2D eigenvalue weighted by atomic mass is 16.3. The summed E-state index contributed by atoms with van der Waals surface area (Å²) in [5, 5.41) is 4.61. The van der Waals surface area contributed by atoms with Crippen LogP contribution in [0.4, 0.5) is 17.1 Å². The summed E-state index contributed by atoms with van der Waals surface area (Å²) in [6.07, 6.45) is 0. The molecule has 1 aliphatic rings. The van der Waals surface area contributed by atoms with Gasteiger partial charge in [0.1, 0.15) is 11.2 Å². The van der Waals surface area contributed by atoms with Crippen LogP contribution in [-0.4, -0.2) is 0 Å². The van der Waals surface area contributed by atoms with Gasteiger partial charge < -0.3 is 9.32 Å². The first-order valence-corrected chi connectivity index (χ1v) is 24.3. The van der Waals surface area contributed by atoms with Crippen LogP contribution in [-0.2, 0) is 16.2 Å². The first-order valence-electron chi connectivity index (χ1n) is 24.3. The van der Waals surface area contributed by atoms with E-state index in [0.717, 1.165) is 44.6 Å². The minimum absolute atomic E-state index is 0.0232. The molecule has 0 saturated carbocycles. The van der Waals surface area contributed by atoms with E-state index in [1.807, 2.05) is 0 Å². The van der Waals surface area contributed by atoms with Crippen LogP contribution in [0.3, 0.4) is 0 Å². The number of para-hydroxylation sites is 2. The average Bonchev–Trinajstić information content (AvgIpc) is 3.90. The zero-order valence-electron chi connectivity index (χ0n) is 40.2. The third kappa shape index (κ3) is 6.84. The number of benzene rings is 10. The van der Waals surface area contributed by atoms with E-state index >= 15 is 0 Å². The predicted molar refractivity (Wildman–Crippen MR) is 291 cm³/mol. The van der Waals surface area contributed by atoms with Crippen molar-refractivity contribution < 1.29 is 4.42 Å². The SMILES string of the molecule is CC(C)(C)c1cc(-c2cccc3cccc(-c4ccccc4N(c4ccc5c(c4)C(c4ccccc4)(c4ccccc4)c4ccccc4-5)c4cccc5oc6ccccc6c45)c23)cc(C(C)(C)C)c1. The summed E-state index contributed by atoms with van der Waals surface area (Å²) in [5.41, 5.74) is 19.3. The summed E-state index contributed by atoms with van der Waals surface area (Å²) in [5.74, 6) is 0. The molecule has 0 amide bonds. The van der Waals surface area contributed by atoms with E-state index in [0.29, 0.717) is 0 Å². The van der Waals surface area contributed by atoms with Gasteiger partial charge in [0.2, 0.25) is 0 Å². The lowest BCUT2D eigenvalue weighted by Gasteiger charge is -2.35. The largest absolute Gasteiger partial charge is 0.456 e. The summed E-state index contributed by atoms with van der Waals surface area (Å²) in [7, 11) is 0. The normalized spacial score (nSPS) is 13.2. The Kier molecular flexibility index (Phi) is 9.90. The van der Waals surface area contributed by atoms with Gasteiger partial charge >= 0.3 is 0 Å². The van der Waals surface area contributed by atoms with E-state index < -0.39 is 5.41 Å². The van der Waals surface area contributed by atoms with Crippen molar-refractivity contribution >= 4 is 49.8 Å². The topological polar surface area (TPSA) is 16.4 Å². The number of fused-ring (bicyclic) bond motifs is 7. The fraction of sp³-hybridized carbons (Fsp3) is 0.134. The monoisotopic (exact) mass is 889 g/mol. The van der Waals surface area contributed by atoms with Gasteiger partial charge in [-0.15, -0.1) is 0 Å². The standard InChI is InChI=1S/C67H55NO/c1-65(2,3)48-40-45(41-49(42-48)66(4,5)6)51-31-19-22-44-23-20-32-55(63(44)51)54-29-14-17-34-59(54)68(60-35-21-37-62-64(60)56-30-15-18-36-61(56)69-62)50-38-39-53-52-28-13-16-33-57(52)67(58(53)43-50,46-24-9-7-10-25-46)47-26-11-8-12-27-47/h7-43H,1-6H3. The lowest BCUT2D eigenvalue weighted by atomic mass is 9.67. The van der Waals surface area contributed by atoms with E-state index in [1.165, 1.54) is 72.0 Å².